The molecule has 2 aliphatic rings. The normalized spacial score (nSPS) is 13.7. The first-order valence-electron chi connectivity index (χ1n) is 29.8. The third-order valence-electron chi connectivity index (χ3n) is 18.2. The quantitative estimate of drug-likeness (QED) is 0.163. The molecule has 11 aromatic carbocycles. The van der Waals surface area contributed by atoms with Gasteiger partial charge in [-0.2, -0.15) is 0 Å². The van der Waals surface area contributed by atoms with Crippen LogP contribution in [-0.4, -0.2) is 11.3 Å². The van der Waals surface area contributed by atoms with Crippen LogP contribution in [0.15, 0.2) is 206 Å². The second kappa shape index (κ2) is 18.1. The highest BCUT2D eigenvalue weighted by Gasteiger charge is 2.45. The van der Waals surface area contributed by atoms with E-state index >= 15 is 0 Å². The number of thiophene rings is 1. The first-order chi connectivity index (χ1) is 39.6. The van der Waals surface area contributed by atoms with E-state index in [-0.39, 0.29) is 28.4 Å². The molecule has 0 unspecified atom stereocenters. The maximum Gasteiger partial charge on any atom is 0.252 e. The first-order valence-corrected chi connectivity index (χ1v) is 30.6. The molecule has 15 rings (SSSR count). The fourth-order valence-electron chi connectivity index (χ4n) is 13.6. The molecule has 2 aliphatic heterocycles. The van der Waals surface area contributed by atoms with Gasteiger partial charge in [0.25, 0.3) is 6.71 Å². The summed E-state index contributed by atoms with van der Waals surface area (Å²) in [7, 11) is 0. The Morgan fingerprint density at radius 1 is 0.313 bits per heavy atom. The Balaban J connectivity index is 1.09. The van der Waals surface area contributed by atoms with Crippen LogP contribution in [0.2, 0.25) is 0 Å². The summed E-state index contributed by atoms with van der Waals surface area (Å²) in [6, 6.07) is 80.1. The smallest absolute Gasteiger partial charge is 0.252 e. The highest BCUT2D eigenvalue weighted by Crippen LogP contribution is 2.51. The molecule has 0 fully saturated rings. The number of benzene rings is 11. The molecule has 0 aliphatic carbocycles. The summed E-state index contributed by atoms with van der Waals surface area (Å²) in [6.45, 7) is 28.3. The second-order valence-corrected chi connectivity index (χ2v) is 29.0. The Bertz CT molecular complexity index is 4600. The largest absolute Gasteiger partial charge is 0.311 e. The minimum absolute atomic E-state index is 0.0726. The van der Waals surface area contributed by atoms with Gasteiger partial charge in [0.05, 0.1) is 11.0 Å². The van der Waals surface area contributed by atoms with Crippen molar-refractivity contribution in [3.8, 4) is 16.8 Å². The minimum atomic E-state index is -0.1000. The number of hydrogen-bond acceptors (Lipinski definition) is 3. The van der Waals surface area contributed by atoms with Gasteiger partial charge >= 0.3 is 0 Å². The third kappa shape index (κ3) is 8.28. The number of fused-ring (bicyclic) bond motifs is 12. The first kappa shape index (κ1) is 51.5. The zero-order valence-corrected chi connectivity index (χ0v) is 50.8. The van der Waals surface area contributed by atoms with E-state index in [4.69, 9.17) is 0 Å². The molecule has 0 saturated carbocycles. The van der Waals surface area contributed by atoms with Crippen molar-refractivity contribution in [1.82, 2.24) is 4.57 Å². The average molecular weight is 1090 g/mol. The zero-order chi connectivity index (χ0) is 57.2. The summed E-state index contributed by atoms with van der Waals surface area (Å²) < 4.78 is 5.11. The Morgan fingerprint density at radius 3 is 1.28 bits per heavy atom. The minimum Gasteiger partial charge on any atom is -0.311 e. The van der Waals surface area contributed by atoms with Gasteiger partial charge in [-0.1, -0.05) is 198 Å². The van der Waals surface area contributed by atoms with E-state index in [1.54, 1.807) is 0 Å². The number of para-hydroxylation sites is 1. The molecule has 13 aromatic rings. The molecule has 0 amide bonds. The van der Waals surface area contributed by atoms with Crippen LogP contribution in [0.5, 0.6) is 0 Å². The van der Waals surface area contributed by atoms with Crippen LogP contribution in [0, 0.1) is 0 Å². The van der Waals surface area contributed by atoms with E-state index in [1.165, 1.54) is 147 Å². The van der Waals surface area contributed by atoms with Gasteiger partial charge in [0, 0.05) is 70.8 Å². The lowest BCUT2D eigenvalue weighted by atomic mass is 9.33. The van der Waals surface area contributed by atoms with Crippen LogP contribution in [0.4, 0.5) is 34.1 Å². The van der Waals surface area contributed by atoms with Crippen LogP contribution < -0.4 is 26.2 Å². The monoisotopic (exact) mass is 1090 g/mol. The lowest BCUT2D eigenvalue weighted by Crippen LogP contribution is -2.61. The highest BCUT2D eigenvalue weighted by molar-refractivity contribution is 7.25. The van der Waals surface area contributed by atoms with Gasteiger partial charge in [-0.3, -0.25) is 0 Å². The molecule has 0 atom stereocenters. The molecule has 406 valence electrons. The second-order valence-electron chi connectivity index (χ2n) is 28.0. The SMILES string of the molecule is CC(C)(C)c1cc(N2c3cc4ccccc4cc3B3c4cc5ccccc5cc4N(c4cc(C(C)(C)C)cc(C(C)(C)C)c4)c4cc(-c5ccc6c(c5)c5cc7sc8ccccc8c7cc5n6-c5ccccc5)cc2c43)cc(C(C)(C)C)c1. The summed E-state index contributed by atoms with van der Waals surface area (Å²) in [5.74, 6) is 0. The average Bonchev–Trinajstić information content (AvgIpc) is 1.52. The van der Waals surface area contributed by atoms with E-state index in [0.29, 0.717) is 0 Å². The van der Waals surface area contributed by atoms with Crippen molar-refractivity contribution in [3.05, 3.63) is 229 Å². The van der Waals surface area contributed by atoms with Gasteiger partial charge in [-0.15, -0.1) is 11.3 Å². The molecule has 0 radical (unpaired) electrons. The molecule has 0 bridgehead atoms. The molecular weight excluding hydrogens is 1020 g/mol. The summed E-state index contributed by atoms with van der Waals surface area (Å²) >= 11 is 1.89. The zero-order valence-electron chi connectivity index (χ0n) is 50.0. The molecule has 5 heteroatoms. The summed E-state index contributed by atoms with van der Waals surface area (Å²) in [4.78, 5) is 5.33. The summed E-state index contributed by atoms with van der Waals surface area (Å²) in [6.07, 6.45) is 0. The lowest BCUT2D eigenvalue weighted by molar-refractivity contribution is 0.568. The van der Waals surface area contributed by atoms with Crippen molar-refractivity contribution in [2.45, 2.75) is 105 Å². The summed E-state index contributed by atoms with van der Waals surface area (Å²) in [5.41, 5.74) is 22.1. The Labute approximate surface area is 493 Å². The standard InChI is InChI=1S/C78H70BN3S/c1-75(2,3)53-39-54(76(4,5)6)42-58(41-53)81-68-35-49-24-18-16-22-47(49)33-64(68)79-65-34-48-23-17-19-25-50(48)36-69(65)82(59-43-55(77(7,8)9)40-56(44-59)78(10,11)12)71-38-52(37-70(81)74(71)79)51-30-31-66-61(32-51)62-46-73-63(60-28-20-21-29-72(60)83-73)45-67(62)80(66)57-26-14-13-15-27-57/h13-46H,1-12H3. The molecule has 3 nitrogen and oxygen atoms in total. The molecule has 2 aromatic heterocycles. The van der Waals surface area contributed by atoms with E-state index in [0.717, 1.165) is 5.69 Å². The lowest BCUT2D eigenvalue weighted by Gasteiger charge is -2.45. The van der Waals surface area contributed by atoms with Crippen LogP contribution in [0.25, 0.3) is 80.3 Å². The van der Waals surface area contributed by atoms with Crippen molar-refractivity contribution < 1.29 is 0 Å². The maximum absolute atomic E-state index is 2.67. The number of hydrogen-bond donors (Lipinski definition) is 0. The number of nitrogens with zero attached hydrogens (tertiary/aromatic N) is 3. The number of aromatic nitrogens is 1. The van der Waals surface area contributed by atoms with Crippen LogP contribution in [0.1, 0.15) is 105 Å². The predicted octanol–water partition coefficient (Wildman–Crippen LogP) is 20.4. The van der Waals surface area contributed by atoms with Gasteiger partial charge < -0.3 is 14.4 Å². The molecule has 83 heavy (non-hydrogen) atoms. The van der Waals surface area contributed by atoms with Crippen molar-refractivity contribution in [2.24, 2.45) is 0 Å². The van der Waals surface area contributed by atoms with E-state index < -0.39 is 0 Å². The van der Waals surface area contributed by atoms with Gasteiger partial charge in [-0.25, -0.2) is 0 Å². The van der Waals surface area contributed by atoms with Gasteiger partial charge in [0.2, 0.25) is 0 Å². The fraction of sp³-hybridized carbons (Fsp3) is 0.205. The molecule has 4 heterocycles. The van der Waals surface area contributed by atoms with Crippen molar-refractivity contribution >= 4 is 132 Å². The molecular formula is C78H70BN3S. The highest BCUT2D eigenvalue weighted by atomic mass is 32.1. The Morgan fingerprint density at radius 2 is 0.771 bits per heavy atom. The van der Waals surface area contributed by atoms with Crippen molar-refractivity contribution in [2.75, 3.05) is 9.80 Å². The maximum atomic E-state index is 2.67. The topological polar surface area (TPSA) is 11.4 Å². The van der Waals surface area contributed by atoms with Crippen molar-refractivity contribution in [1.29, 1.82) is 0 Å². The number of anilines is 6. The Kier molecular flexibility index (Phi) is 11.2. The van der Waals surface area contributed by atoms with Gasteiger partial charge in [0.1, 0.15) is 0 Å². The summed E-state index contributed by atoms with van der Waals surface area (Å²) in [5, 5.41) is 10.1. The van der Waals surface area contributed by atoms with Crippen LogP contribution in [0.3, 0.4) is 0 Å². The van der Waals surface area contributed by atoms with E-state index in [1.807, 2.05) is 11.3 Å². The third-order valence-corrected chi connectivity index (χ3v) is 19.4. The molecule has 0 spiro atoms. The molecule has 0 saturated heterocycles. The predicted molar refractivity (Wildman–Crippen MR) is 363 cm³/mol. The molecule has 0 N–H and O–H groups in total. The van der Waals surface area contributed by atoms with Crippen LogP contribution >= 0.6 is 11.3 Å². The van der Waals surface area contributed by atoms with Crippen LogP contribution in [-0.2, 0) is 21.7 Å². The fourth-order valence-corrected chi connectivity index (χ4v) is 14.7. The van der Waals surface area contributed by atoms with Gasteiger partial charge in [0.15, 0.2) is 0 Å². The van der Waals surface area contributed by atoms with E-state index in [9.17, 15) is 0 Å². The Hall–Kier alpha value is -8.38. The van der Waals surface area contributed by atoms with Gasteiger partial charge in [-0.05, 0) is 184 Å². The van der Waals surface area contributed by atoms with Crippen molar-refractivity contribution in [3.63, 3.8) is 0 Å². The number of rotatable bonds is 4. The van der Waals surface area contributed by atoms with E-state index in [2.05, 4.69) is 304 Å².